The van der Waals surface area contributed by atoms with Crippen molar-refractivity contribution in [3.8, 4) is 0 Å². The molecule has 7 nitrogen and oxygen atoms in total. The third kappa shape index (κ3) is 2.97. The van der Waals surface area contributed by atoms with E-state index in [9.17, 15) is 19.5 Å². The minimum Gasteiger partial charge on any atom is -0.461 e. The van der Waals surface area contributed by atoms with Crippen LogP contribution in [0, 0.1) is 46.3 Å². The lowest BCUT2D eigenvalue weighted by atomic mass is 9.51. The Balaban J connectivity index is 1.67. The standard InChI is InChI=1S/C32H42O7/c1-14(2)20-11-21-17(5)25-28(37-19(7)33)32(21,15(3)10-23(20)34)27-26(35)18(6)22-12-24-29(8,9)38-39-30(24,36)13-16(4)31(22,25)27/h12,14-16,20,25,27-28,36H,10-11,13H2,1-9H3/t15-,16-,20+,25-,27-,28+,30+,31-,32-/m1/s1. The van der Waals surface area contributed by atoms with Gasteiger partial charge in [0.15, 0.2) is 5.78 Å². The molecule has 0 radical (unpaired) electrons. The fourth-order valence-electron chi connectivity index (χ4n) is 10.2. The Morgan fingerprint density at radius 2 is 1.74 bits per heavy atom. The summed E-state index contributed by atoms with van der Waals surface area (Å²) in [5, 5.41) is 11.8. The second kappa shape index (κ2) is 8.01. The smallest absolute Gasteiger partial charge is 0.302 e. The quantitative estimate of drug-likeness (QED) is 0.299. The van der Waals surface area contributed by atoms with Gasteiger partial charge in [0.25, 0.3) is 0 Å². The largest absolute Gasteiger partial charge is 0.461 e. The van der Waals surface area contributed by atoms with Gasteiger partial charge in [0.2, 0.25) is 5.79 Å². The highest BCUT2D eigenvalue weighted by molar-refractivity contribution is 6.05. The number of allylic oxidation sites excluding steroid dienone is 3. The van der Waals surface area contributed by atoms with E-state index in [-0.39, 0.29) is 53.5 Å². The lowest BCUT2D eigenvalue weighted by Gasteiger charge is -2.50. The van der Waals surface area contributed by atoms with Crippen molar-refractivity contribution in [1.29, 1.82) is 0 Å². The number of Topliss-reactive ketones (excluding diaryl/α,β-unsaturated/α-hetero) is 2. The van der Waals surface area contributed by atoms with Crippen LogP contribution in [0.1, 0.15) is 81.6 Å². The Bertz CT molecular complexity index is 1300. The molecule has 3 fully saturated rings. The molecule has 2 spiro atoms. The van der Waals surface area contributed by atoms with Crippen LogP contribution in [-0.4, -0.2) is 40.1 Å². The molecule has 2 bridgehead atoms. The van der Waals surface area contributed by atoms with Gasteiger partial charge < -0.3 is 9.84 Å². The van der Waals surface area contributed by atoms with Gasteiger partial charge in [-0.25, -0.2) is 4.89 Å². The first kappa shape index (κ1) is 27.1. The molecule has 9 atom stereocenters. The predicted molar refractivity (Wildman–Crippen MR) is 143 cm³/mol. The van der Waals surface area contributed by atoms with Crippen LogP contribution in [0.15, 0.2) is 33.9 Å². The predicted octanol–water partition coefficient (Wildman–Crippen LogP) is 5.03. The van der Waals surface area contributed by atoms with Crippen molar-refractivity contribution in [2.24, 2.45) is 46.3 Å². The zero-order valence-electron chi connectivity index (χ0n) is 24.6. The minimum atomic E-state index is -1.62. The first-order valence-corrected chi connectivity index (χ1v) is 14.5. The zero-order chi connectivity index (χ0) is 28.6. The Kier molecular flexibility index (Phi) is 5.57. The fourth-order valence-corrected chi connectivity index (χ4v) is 10.2. The number of ether oxygens (including phenoxy) is 1. The summed E-state index contributed by atoms with van der Waals surface area (Å²) in [7, 11) is 0. The molecular weight excluding hydrogens is 496 g/mol. The van der Waals surface area contributed by atoms with E-state index < -0.39 is 34.2 Å². The van der Waals surface area contributed by atoms with Gasteiger partial charge in [-0.1, -0.05) is 44.9 Å². The molecule has 6 aliphatic rings. The van der Waals surface area contributed by atoms with E-state index in [0.717, 1.165) is 16.7 Å². The van der Waals surface area contributed by atoms with E-state index in [4.69, 9.17) is 14.5 Å². The molecule has 0 aromatic heterocycles. The Morgan fingerprint density at radius 3 is 2.36 bits per heavy atom. The van der Waals surface area contributed by atoms with Gasteiger partial charge in [0.1, 0.15) is 17.5 Å². The van der Waals surface area contributed by atoms with Crippen molar-refractivity contribution >= 4 is 17.5 Å². The van der Waals surface area contributed by atoms with Crippen LogP contribution in [0.25, 0.3) is 0 Å². The summed E-state index contributed by atoms with van der Waals surface area (Å²) in [5.41, 5.74) is 2.15. The lowest BCUT2D eigenvalue weighted by Crippen LogP contribution is -2.50. The van der Waals surface area contributed by atoms with Crippen LogP contribution < -0.4 is 0 Å². The molecule has 212 valence electrons. The molecule has 7 heteroatoms. The van der Waals surface area contributed by atoms with Crippen molar-refractivity contribution in [1.82, 2.24) is 0 Å². The van der Waals surface area contributed by atoms with Crippen molar-refractivity contribution in [2.75, 3.05) is 0 Å². The topological polar surface area (TPSA) is 99.1 Å². The molecule has 1 N–H and O–H groups in total. The third-order valence-corrected chi connectivity index (χ3v) is 11.6. The van der Waals surface area contributed by atoms with Crippen molar-refractivity contribution in [2.45, 2.75) is 99.1 Å². The first-order chi connectivity index (χ1) is 18.1. The lowest BCUT2D eigenvalue weighted by molar-refractivity contribution is -0.392. The summed E-state index contributed by atoms with van der Waals surface area (Å²) in [4.78, 5) is 52.1. The zero-order valence-corrected chi connectivity index (χ0v) is 24.6. The van der Waals surface area contributed by atoms with E-state index in [1.54, 1.807) is 0 Å². The summed E-state index contributed by atoms with van der Waals surface area (Å²) in [6.07, 6.45) is 2.60. The fraction of sp³-hybridized carbons (Fsp3) is 0.719. The highest BCUT2D eigenvalue weighted by Gasteiger charge is 2.82. The molecule has 1 heterocycles. The van der Waals surface area contributed by atoms with E-state index >= 15 is 0 Å². The Morgan fingerprint density at radius 1 is 1.08 bits per heavy atom. The van der Waals surface area contributed by atoms with Crippen LogP contribution in [0.5, 0.6) is 0 Å². The molecule has 6 rings (SSSR count). The number of rotatable bonds is 2. The molecule has 5 aliphatic carbocycles. The number of hydrogen-bond donors (Lipinski definition) is 1. The summed E-state index contributed by atoms with van der Waals surface area (Å²) in [6, 6.07) is 0. The molecule has 0 aromatic rings. The summed E-state index contributed by atoms with van der Waals surface area (Å²) in [5.74, 6) is -2.77. The average Bonchev–Trinajstić information content (AvgIpc) is 3.32. The molecule has 39 heavy (non-hydrogen) atoms. The normalized spacial score (nSPS) is 46.1. The Hall–Kier alpha value is -2.09. The number of aliphatic hydroxyl groups is 1. The number of esters is 1. The summed E-state index contributed by atoms with van der Waals surface area (Å²) in [6.45, 7) is 17.5. The van der Waals surface area contributed by atoms with E-state index in [1.165, 1.54) is 6.92 Å². The monoisotopic (exact) mass is 538 g/mol. The SMILES string of the molecule is CC(=O)O[C@H]1[C@H]2C(C)=C3C[C@@H](C(C)C)C(=O)C[C@@H](C)[C@]31[C@@H]1C(=O)C(C)=C3C=C4C(C)(C)OO[C@@]4(O)C[C@@H](C)[C@]312. The van der Waals surface area contributed by atoms with Gasteiger partial charge in [-0.05, 0) is 63.0 Å². The molecule has 1 saturated heterocycles. The van der Waals surface area contributed by atoms with Gasteiger partial charge in [-0.15, -0.1) is 0 Å². The summed E-state index contributed by atoms with van der Waals surface area (Å²) >= 11 is 0. The van der Waals surface area contributed by atoms with Crippen LogP contribution in [0.2, 0.25) is 0 Å². The number of fused-ring (bicyclic) bond motifs is 2. The van der Waals surface area contributed by atoms with E-state index in [2.05, 4.69) is 34.6 Å². The number of carbonyl (C=O) groups is 3. The number of hydrogen-bond acceptors (Lipinski definition) is 7. The highest BCUT2D eigenvalue weighted by Crippen LogP contribution is 2.80. The number of carbonyl (C=O) groups excluding carboxylic acids is 3. The first-order valence-electron chi connectivity index (χ1n) is 14.5. The van der Waals surface area contributed by atoms with Crippen LogP contribution in [0.4, 0.5) is 0 Å². The summed E-state index contributed by atoms with van der Waals surface area (Å²) < 4.78 is 6.29. The van der Waals surface area contributed by atoms with Crippen LogP contribution in [0.3, 0.4) is 0 Å². The molecule has 0 amide bonds. The maximum atomic E-state index is 14.6. The maximum Gasteiger partial charge on any atom is 0.302 e. The minimum absolute atomic E-state index is 0.0729. The van der Waals surface area contributed by atoms with Crippen molar-refractivity contribution in [3.05, 3.63) is 33.9 Å². The van der Waals surface area contributed by atoms with Crippen molar-refractivity contribution in [3.63, 3.8) is 0 Å². The van der Waals surface area contributed by atoms with E-state index in [1.807, 2.05) is 26.8 Å². The van der Waals surface area contributed by atoms with E-state index in [0.29, 0.717) is 24.0 Å². The molecule has 2 saturated carbocycles. The van der Waals surface area contributed by atoms with Crippen LogP contribution in [-0.2, 0) is 28.9 Å². The second-order valence-electron chi connectivity index (χ2n) is 14.1. The van der Waals surface area contributed by atoms with Crippen molar-refractivity contribution < 1.29 is 34.0 Å². The van der Waals surface area contributed by atoms with Gasteiger partial charge in [0, 0.05) is 53.9 Å². The Labute approximate surface area is 230 Å². The number of ketones is 2. The third-order valence-electron chi connectivity index (χ3n) is 11.6. The highest BCUT2D eigenvalue weighted by atomic mass is 17.2. The van der Waals surface area contributed by atoms with Gasteiger partial charge in [-0.3, -0.25) is 14.4 Å². The molecular formula is C32H42O7. The second-order valence-corrected chi connectivity index (χ2v) is 14.1. The molecule has 1 aliphatic heterocycles. The average molecular weight is 539 g/mol. The molecule has 0 unspecified atom stereocenters. The van der Waals surface area contributed by atoms with Gasteiger partial charge >= 0.3 is 5.97 Å². The van der Waals surface area contributed by atoms with Gasteiger partial charge in [-0.2, -0.15) is 4.89 Å². The van der Waals surface area contributed by atoms with Gasteiger partial charge in [0.05, 0.1) is 0 Å². The van der Waals surface area contributed by atoms with Crippen LogP contribution >= 0.6 is 0 Å². The molecule has 0 aromatic carbocycles. The maximum absolute atomic E-state index is 14.6.